The number of sulfone groups is 1. The van der Waals surface area contributed by atoms with Gasteiger partial charge < -0.3 is 5.32 Å². The predicted molar refractivity (Wildman–Crippen MR) is 95.7 cm³/mol. The molecule has 0 aliphatic carbocycles. The van der Waals surface area contributed by atoms with Crippen LogP contribution in [0.2, 0.25) is 5.02 Å². The summed E-state index contributed by atoms with van der Waals surface area (Å²) in [6.45, 7) is 0.405. The highest BCUT2D eigenvalue weighted by Gasteiger charge is 2.16. The number of aromatic nitrogens is 3. The molecule has 1 aromatic carbocycles. The van der Waals surface area contributed by atoms with Gasteiger partial charge in [0.25, 0.3) is 0 Å². The van der Waals surface area contributed by atoms with Crippen molar-refractivity contribution in [2.75, 3.05) is 12.3 Å². The lowest BCUT2D eigenvalue weighted by molar-refractivity contribution is -0.120. The van der Waals surface area contributed by atoms with E-state index in [0.29, 0.717) is 18.0 Å². The summed E-state index contributed by atoms with van der Waals surface area (Å²) in [5.74, 6) is -0.569. The zero-order valence-electron chi connectivity index (χ0n) is 13.1. The number of carbonyl (C=O) groups is 1. The lowest BCUT2D eigenvalue weighted by Gasteiger charge is -2.06. The summed E-state index contributed by atoms with van der Waals surface area (Å²) in [7, 11) is -3.53. The first-order valence-corrected chi connectivity index (χ1v) is 10.4. The van der Waals surface area contributed by atoms with E-state index < -0.39 is 9.84 Å². The van der Waals surface area contributed by atoms with Gasteiger partial charge in [-0.2, -0.15) is 5.10 Å². The number of carbonyl (C=O) groups excluding carboxylic acids is 1. The van der Waals surface area contributed by atoms with Crippen LogP contribution in [0, 0.1) is 0 Å². The molecule has 7 nitrogen and oxygen atoms in total. The Morgan fingerprint density at radius 1 is 1.36 bits per heavy atom. The number of benzene rings is 1. The first-order chi connectivity index (χ1) is 12.0. The fraction of sp³-hybridized carbons (Fsp3) is 0.267. The Morgan fingerprint density at radius 2 is 2.20 bits per heavy atom. The molecule has 2 aromatic heterocycles. The smallest absolute Gasteiger partial charge is 0.221 e. The molecule has 0 saturated heterocycles. The first-order valence-electron chi connectivity index (χ1n) is 7.47. The molecule has 0 aliphatic rings. The quantitative estimate of drug-likeness (QED) is 0.656. The van der Waals surface area contributed by atoms with E-state index in [4.69, 9.17) is 11.6 Å². The highest BCUT2D eigenvalue weighted by molar-refractivity contribution is 7.91. The van der Waals surface area contributed by atoms with Crippen molar-refractivity contribution >= 4 is 43.6 Å². The molecule has 1 amide bonds. The van der Waals surface area contributed by atoms with E-state index in [1.807, 2.05) is 5.38 Å². The Hall–Kier alpha value is -1.97. The highest BCUT2D eigenvalue weighted by atomic mass is 35.5. The van der Waals surface area contributed by atoms with Crippen LogP contribution in [-0.4, -0.2) is 41.2 Å². The van der Waals surface area contributed by atoms with Crippen LogP contribution in [0.5, 0.6) is 0 Å². The van der Waals surface area contributed by atoms with Gasteiger partial charge in [0, 0.05) is 29.8 Å². The molecule has 25 heavy (non-hydrogen) atoms. The topological polar surface area (TPSA) is 93.4 Å². The van der Waals surface area contributed by atoms with Crippen molar-refractivity contribution in [3.05, 3.63) is 46.7 Å². The minimum absolute atomic E-state index is 0.1000. The van der Waals surface area contributed by atoms with E-state index in [1.54, 1.807) is 16.6 Å². The molecule has 0 fully saturated rings. The minimum Gasteiger partial charge on any atom is -0.356 e. The number of thiazole rings is 1. The normalized spacial score (nSPS) is 11.7. The van der Waals surface area contributed by atoms with Gasteiger partial charge in [0.2, 0.25) is 10.9 Å². The van der Waals surface area contributed by atoms with Gasteiger partial charge in [-0.25, -0.2) is 17.9 Å². The summed E-state index contributed by atoms with van der Waals surface area (Å²) in [6, 6.07) is 6.03. The summed E-state index contributed by atoms with van der Waals surface area (Å²) in [5, 5.41) is 9.11. The summed E-state index contributed by atoms with van der Waals surface area (Å²) in [4.78, 5) is 16.9. The number of amides is 1. The molecule has 0 aliphatic heterocycles. The third kappa shape index (κ3) is 4.36. The number of hydrogen-bond donors (Lipinski definition) is 1. The molecule has 3 rings (SSSR count). The second-order valence-corrected chi connectivity index (χ2v) is 8.69. The van der Waals surface area contributed by atoms with Gasteiger partial charge in [-0.1, -0.05) is 17.7 Å². The van der Waals surface area contributed by atoms with Crippen LogP contribution in [-0.2, 0) is 21.1 Å². The van der Waals surface area contributed by atoms with Gasteiger partial charge in [0.05, 0.1) is 16.3 Å². The van der Waals surface area contributed by atoms with Crippen LogP contribution in [0.15, 0.2) is 40.9 Å². The molecule has 0 radical (unpaired) electrons. The van der Waals surface area contributed by atoms with Crippen molar-refractivity contribution in [3.63, 3.8) is 0 Å². The second kappa shape index (κ2) is 7.51. The molecule has 2 heterocycles. The number of rotatable bonds is 7. The molecule has 1 N–H and O–H groups in total. The van der Waals surface area contributed by atoms with Crippen LogP contribution >= 0.6 is 22.9 Å². The van der Waals surface area contributed by atoms with Crippen LogP contribution in [0.3, 0.4) is 0 Å². The molecule has 0 atom stereocenters. The Balaban J connectivity index is 1.49. The number of hydrogen-bond acceptors (Lipinski definition) is 6. The van der Waals surface area contributed by atoms with Crippen LogP contribution in [0.1, 0.15) is 12.1 Å². The fourth-order valence-corrected chi connectivity index (χ4v) is 4.64. The molecule has 0 bridgehead atoms. The van der Waals surface area contributed by atoms with Crippen molar-refractivity contribution in [1.82, 2.24) is 19.9 Å². The van der Waals surface area contributed by atoms with E-state index in [0.717, 1.165) is 10.7 Å². The third-order valence-corrected chi connectivity index (χ3v) is 6.37. The lowest BCUT2D eigenvalue weighted by atomic mass is 10.3. The maximum Gasteiger partial charge on any atom is 0.221 e. The molecular formula is C15H15ClN4O3S2. The largest absolute Gasteiger partial charge is 0.356 e. The molecule has 132 valence electrons. The van der Waals surface area contributed by atoms with Gasteiger partial charge >= 0.3 is 0 Å². The van der Waals surface area contributed by atoms with Crippen LogP contribution < -0.4 is 5.32 Å². The lowest BCUT2D eigenvalue weighted by Crippen LogP contribution is -2.27. The van der Waals surface area contributed by atoms with Gasteiger partial charge in [-0.3, -0.25) is 4.79 Å². The minimum atomic E-state index is -3.53. The molecule has 10 heteroatoms. The van der Waals surface area contributed by atoms with Crippen molar-refractivity contribution in [1.29, 1.82) is 0 Å². The Morgan fingerprint density at radius 3 is 3.00 bits per heavy atom. The summed E-state index contributed by atoms with van der Waals surface area (Å²) < 4.78 is 26.1. The van der Waals surface area contributed by atoms with Crippen molar-refractivity contribution in [2.45, 2.75) is 17.7 Å². The average molecular weight is 399 g/mol. The molecular weight excluding hydrogens is 384 g/mol. The number of nitrogens with zero attached hydrogens (tertiary/aromatic N) is 3. The van der Waals surface area contributed by atoms with Gasteiger partial charge in [-0.15, -0.1) is 11.3 Å². The van der Waals surface area contributed by atoms with Crippen LogP contribution in [0.25, 0.3) is 4.96 Å². The maximum atomic E-state index is 12.2. The monoisotopic (exact) mass is 398 g/mol. The van der Waals surface area contributed by atoms with E-state index in [2.05, 4.69) is 15.4 Å². The standard InChI is InChI=1S/C15H15ClN4O3S2/c16-11-2-1-3-13(8-11)25(22,23)7-5-14(21)17-6-4-12-9-24-15-18-10-19-20(12)15/h1-3,8-10H,4-7H2,(H,17,21). The summed E-state index contributed by atoms with van der Waals surface area (Å²) >= 11 is 7.29. The van der Waals surface area contributed by atoms with Crippen molar-refractivity contribution in [2.24, 2.45) is 0 Å². The molecule has 3 aromatic rings. The van der Waals surface area contributed by atoms with E-state index in [9.17, 15) is 13.2 Å². The number of fused-ring (bicyclic) bond motifs is 1. The second-order valence-electron chi connectivity index (χ2n) is 5.31. The fourth-order valence-electron chi connectivity index (χ4n) is 2.27. The molecule has 0 spiro atoms. The van der Waals surface area contributed by atoms with Crippen molar-refractivity contribution < 1.29 is 13.2 Å². The Kier molecular flexibility index (Phi) is 5.36. The zero-order valence-corrected chi connectivity index (χ0v) is 15.4. The van der Waals surface area contributed by atoms with Gasteiger partial charge in [0.1, 0.15) is 6.33 Å². The summed E-state index contributed by atoms with van der Waals surface area (Å²) in [6.07, 6.45) is 1.97. The highest BCUT2D eigenvalue weighted by Crippen LogP contribution is 2.17. The molecule has 0 unspecified atom stereocenters. The SMILES string of the molecule is O=C(CCS(=O)(=O)c1cccc(Cl)c1)NCCc1csc2ncnn12. The summed E-state index contributed by atoms with van der Waals surface area (Å²) in [5.41, 5.74) is 0.948. The van der Waals surface area contributed by atoms with E-state index >= 15 is 0 Å². The van der Waals surface area contributed by atoms with Crippen molar-refractivity contribution in [3.8, 4) is 0 Å². The number of halogens is 1. The van der Waals surface area contributed by atoms with E-state index in [-0.39, 0.29) is 23.0 Å². The number of nitrogens with one attached hydrogen (secondary N) is 1. The van der Waals surface area contributed by atoms with Gasteiger partial charge in [-0.05, 0) is 18.2 Å². The molecule has 0 saturated carbocycles. The van der Waals surface area contributed by atoms with Crippen LogP contribution in [0.4, 0.5) is 0 Å². The van der Waals surface area contributed by atoms with Gasteiger partial charge in [0.15, 0.2) is 9.84 Å². The Labute approximate surface area is 153 Å². The first kappa shape index (κ1) is 17.8. The predicted octanol–water partition coefficient (Wildman–Crippen LogP) is 1.97. The zero-order chi connectivity index (χ0) is 17.9. The van der Waals surface area contributed by atoms with E-state index in [1.165, 1.54) is 29.8 Å². The maximum absolute atomic E-state index is 12.2. The third-order valence-electron chi connectivity index (χ3n) is 3.55. The average Bonchev–Trinajstić information content (AvgIpc) is 3.18. The Bertz CT molecular complexity index is 997.